The smallest absolute Gasteiger partial charge is 0.173 e. The van der Waals surface area contributed by atoms with Crippen LogP contribution in [0.4, 0.5) is 5.00 Å². The molecule has 1 aliphatic heterocycles. The first-order chi connectivity index (χ1) is 16.0. The van der Waals surface area contributed by atoms with E-state index in [0.29, 0.717) is 6.42 Å². The maximum Gasteiger partial charge on any atom is 0.173 e. The third kappa shape index (κ3) is 3.70. The Morgan fingerprint density at radius 1 is 1.09 bits per heavy atom. The van der Waals surface area contributed by atoms with Crippen molar-refractivity contribution in [2.75, 3.05) is 31.2 Å². The molecule has 33 heavy (non-hydrogen) atoms. The highest BCUT2D eigenvalue weighted by Gasteiger charge is 2.37. The molecule has 3 aromatic heterocycles. The zero-order valence-electron chi connectivity index (χ0n) is 18.9. The number of carbonyl (C=O) groups is 1. The zero-order chi connectivity index (χ0) is 22.6. The van der Waals surface area contributed by atoms with E-state index in [4.69, 9.17) is 9.72 Å². The molecule has 0 atom stereocenters. The maximum absolute atomic E-state index is 13.1. The van der Waals surface area contributed by atoms with Crippen molar-refractivity contribution in [3.05, 3.63) is 58.4 Å². The van der Waals surface area contributed by atoms with Crippen LogP contribution in [-0.2, 0) is 11.2 Å². The van der Waals surface area contributed by atoms with E-state index in [1.165, 1.54) is 31.8 Å². The summed E-state index contributed by atoms with van der Waals surface area (Å²) in [6, 6.07) is 12.8. The van der Waals surface area contributed by atoms with Crippen molar-refractivity contribution < 1.29 is 9.53 Å². The largest absolute Gasteiger partial charge is 0.378 e. The molecule has 0 amide bonds. The van der Waals surface area contributed by atoms with Crippen LogP contribution in [0.2, 0.25) is 0 Å². The Morgan fingerprint density at radius 2 is 1.91 bits per heavy atom. The number of aromatic nitrogens is 1. The third-order valence-corrected chi connectivity index (χ3v) is 8.94. The van der Waals surface area contributed by atoms with Gasteiger partial charge in [-0.2, -0.15) is 0 Å². The number of pyridine rings is 1. The van der Waals surface area contributed by atoms with Gasteiger partial charge in [-0.05, 0) is 41.2 Å². The van der Waals surface area contributed by atoms with E-state index in [9.17, 15) is 4.79 Å². The SMILES string of the molecule is CC1(C)CC(=O)c2sc(N3CCOCC3)c(-c3ccnc(-c4csc5ccccc45)c3)c2C1. The van der Waals surface area contributed by atoms with Gasteiger partial charge in [-0.3, -0.25) is 9.78 Å². The molecule has 1 aliphatic carbocycles. The van der Waals surface area contributed by atoms with Crippen molar-refractivity contribution in [3.8, 4) is 22.4 Å². The van der Waals surface area contributed by atoms with Gasteiger partial charge in [0.1, 0.15) is 0 Å². The Hall–Kier alpha value is -2.54. The second-order valence-electron chi connectivity index (χ2n) is 9.71. The lowest BCUT2D eigenvalue weighted by Crippen LogP contribution is -2.36. The summed E-state index contributed by atoms with van der Waals surface area (Å²) in [5.41, 5.74) is 5.72. The molecule has 0 N–H and O–H groups in total. The number of ether oxygens (including phenoxy) is 1. The number of rotatable bonds is 3. The van der Waals surface area contributed by atoms with Crippen molar-refractivity contribution in [2.45, 2.75) is 26.7 Å². The normalized spacial score (nSPS) is 18.0. The minimum absolute atomic E-state index is 0.0262. The number of hydrogen-bond donors (Lipinski definition) is 0. The zero-order valence-corrected chi connectivity index (χ0v) is 20.5. The van der Waals surface area contributed by atoms with E-state index >= 15 is 0 Å². The third-order valence-electron chi connectivity index (χ3n) is 6.64. The van der Waals surface area contributed by atoms with Crippen molar-refractivity contribution in [3.63, 3.8) is 0 Å². The van der Waals surface area contributed by atoms with Crippen LogP contribution >= 0.6 is 22.7 Å². The molecular weight excluding hydrogens is 448 g/mol. The first-order valence-corrected chi connectivity index (χ1v) is 13.1. The van der Waals surface area contributed by atoms with E-state index in [1.54, 1.807) is 22.7 Å². The maximum atomic E-state index is 13.1. The Morgan fingerprint density at radius 3 is 2.76 bits per heavy atom. The highest BCUT2D eigenvalue weighted by molar-refractivity contribution is 7.19. The van der Waals surface area contributed by atoms with Gasteiger partial charge in [-0.1, -0.05) is 32.0 Å². The molecule has 1 aromatic carbocycles. The average Bonchev–Trinajstić information content (AvgIpc) is 3.41. The van der Waals surface area contributed by atoms with Crippen molar-refractivity contribution in [1.29, 1.82) is 0 Å². The molecule has 1 saturated heterocycles. The van der Waals surface area contributed by atoms with Gasteiger partial charge in [0, 0.05) is 52.3 Å². The van der Waals surface area contributed by atoms with Gasteiger partial charge in [0.15, 0.2) is 5.78 Å². The van der Waals surface area contributed by atoms with Crippen LogP contribution in [0.3, 0.4) is 0 Å². The standard InChI is InChI=1S/C27H26N2O2S2/c1-27(2)14-19-24(26(29-9-11-31-12-10-29)33-25(19)22(30)15-27)17-7-8-28-21(13-17)20-16-32-23-6-4-3-5-18(20)23/h3-8,13,16H,9-12,14-15H2,1-2H3. The number of ketones is 1. The fourth-order valence-corrected chi connectivity index (χ4v) is 7.38. The molecule has 2 aliphatic rings. The quantitative estimate of drug-likeness (QED) is 0.332. The summed E-state index contributed by atoms with van der Waals surface area (Å²) in [7, 11) is 0. The summed E-state index contributed by atoms with van der Waals surface area (Å²) >= 11 is 3.44. The fourth-order valence-electron chi connectivity index (χ4n) is 5.10. The Labute approximate surface area is 201 Å². The van der Waals surface area contributed by atoms with Crippen LogP contribution in [-0.4, -0.2) is 37.1 Å². The van der Waals surface area contributed by atoms with Gasteiger partial charge in [-0.25, -0.2) is 0 Å². The van der Waals surface area contributed by atoms with Gasteiger partial charge in [0.25, 0.3) is 0 Å². The monoisotopic (exact) mass is 474 g/mol. The lowest BCUT2D eigenvalue weighted by Gasteiger charge is -2.30. The van der Waals surface area contributed by atoms with E-state index in [0.717, 1.165) is 48.9 Å². The first kappa shape index (κ1) is 21.0. The number of fused-ring (bicyclic) bond motifs is 2. The molecule has 4 aromatic rings. The minimum Gasteiger partial charge on any atom is -0.378 e. The van der Waals surface area contributed by atoms with Crippen LogP contribution in [0, 0.1) is 5.41 Å². The highest BCUT2D eigenvalue weighted by Crippen LogP contribution is 2.50. The lowest BCUT2D eigenvalue weighted by molar-refractivity contribution is 0.0918. The van der Waals surface area contributed by atoms with Gasteiger partial charge in [-0.15, -0.1) is 22.7 Å². The summed E-state index contributed by atoms with van der Waals surface area (Å²) < 4.78 is 6.89. The van der Waals surface area contributed by atoms with Crippen molar-refractivity contribution in [2.24, 2.45) is 5.41 Å². The Balaban J connectivity index is 1.53. The number of morpholine rings is 1. The molecule has 0 bridgehead atoms. The fraction of sp³-hybridized carbons (Fsp3) is 0.333. The summed E-state index contributed by atoms with van der Waals surface area (Å²) in [5, 5.41) is 4.65. The number of Topliss-reactive ketones (excluding diaryl/α,β-unsaturated/α-hetero) is 1. The molecule has 0 spiro atoms. The number of carbonyl (C=O) groups excluding carboxylic acids is 1. The molecule has 4 nitrogen and oxygen atoms in total. The molecule has 0 radical (unpaired) electrons. The van der Waals surface area contributed by atoms with E-state index < -0.39 is 0 Å². The van der Waals surface area contributed by atoms with Crippen LogP contribution < -0.4 is 4.90 Å². The topological polar surface area (TPSA) is 42.4 Å². The molecule has 6 heteroatoms. The highest BCUT2D eigenvalue weighted by atomic mass is 32.1. The van der Waals surface area contributed by atoms with Crippen LogP contribution in [0.25, 0.3) is 32.5 Å². The summed E-state index contributed by atoms with van der Waals surface area (Å²) in [5.74, 6) is 0.283. The van der Waals surface area contributed by atoms with E-state index in [-0.39, 0.29) is 11.2 Å². The van der Waals surface area contributed by atoms with E-state index in [2.05, 4.69) is 60.5 Å². The molecule has 168 valence electrons. The summed E-state index contributed by atoms with van der Waals surface area (Å²) in [6.45, 7) is 7.58. The molecule has 6 rings (SSSR count). The molecule has 4 heterocycles. The van der Waals surface area contributed by atoms with Gasteiger partial charge in [0.2, 0.25) is 0 Å². The molecule has 0 saturated carbocycles. The van der Waals surface area contributed by atoms with Crippen molar-refractivity contribution >= 4 is 43.5 Å². The van der Waals surface area contributed by atoms with Gasteiger partial charge in [0.05, 0.1) is 28.8 Å². The first-order valence-electron chi connectivity index (χ1n) is 11.4. The summed E-state index contributed by atoms with van der Waals surface area (Å²) in [4.78, 5) is 21.2. The predicted molar refractivity (Wildman–Crippen MR) is 138 cm³/mol. The molecule has 0 unspecified atom stereocenters. The number of anilines is 1. The second kappa shape index (κ2) is 8.05. The van der Waals surface area contributed by atoms with Crippen LogP contribution in [0.1, 0.15) is 35.5 Å². The lowest BCUT2D eigenvalue weighted by atomic mass is 9.75. The second-order valence-corrected chi connectivity index (χ2v) is 11.6. The molecular formula is C27H26N2O2S2. The molecule has 1 fully saturated rings. The number of thiophene rings is 2. The van der Waals surface area contributed by atoms with Crippen LogP contribution in [0.5, 0.6) is 0 Å². The summed E-state index contributed by atoms with van der Waals surface area (Å²) in [6.07, 6.45) is 3.45. The predicted octanol–water partition coefficient (Wildman–Crippen LogP) is 6.68. The van der Waals surface area contributed by atoms with E-state index in [1.807, 2.05) is 6.20 Å². The number of benzene rings is 1. The van der Waals surface area contributed by atoms with Gasteiger partial charge >= 0.3 is 0 Å². The van der Waals surface area contributed by atoms with Crippen LogP contribution in [0.15, 0.2) is 48.0 Å². The number of nitrogens with zero attached hydrogens (tertiary/aromatic N) is 2. The minimum atomic E-state index is -0.0262. The Bertz CT molecular complexity index is 1360. The number of hydrogen-bond acceptors (Lipinski definition) is 6. The Kier molecular flexibility index (Phi) is 5.13. The van der Waals surface area contributed by atoms with Crippen molar-refractivity contribution in [1.82, 2.24) is 4.98 Å². The van der Waals surface area contributed by atoms with Gasteiger partial charge < -0.3 is 9.64 Å². The average molecular weight is 475 g/mol.